The number of aromatic nitrogens is 1. The minimum atomic E-state index is 0.246. The van der Waals surface area contributed by atoms with E-state index in [1.165, 1.54) is 22.3 Å². The first-order valence-corrected chi connectivity index (χ1v) is 8.98. The minimum Gasteiger partial charge on any atom is -0.337 e. The van der Waals surface area contributed by atoms with E-state index in [1.54, 1.807) is 12.4 Å². The molecular formula is C21H27N3O. The Labute approximate surface area is 150 Å². The molecule has 0 aliphatic carbocycles. The zero-order valence-electron chi connectivity index (χ0n) is 15.5. The van der Waals surface area contributed by atoms with Crippen molar-refractivity contribution in [2.45, 2.75) is 40.3 Å². The van der Waals surface area contributed by atoms with Crippen molar-refractivity contribution in [1.29, 1.82) is 0 Å². The van der Waals surface area contributed by atoms with E-state index in [1.807, 2.05) is 17.0 Å². The van der Waals surface area contributed by atoms with E-state index in [2.05, 4.69) is 42.8 Å². The summed E-state index contributed by atoms with van der Waals surface area (Å²) < 4.78 is 0. The highest BCUT2D eigenvalue weighted by Gasteiger charge is 2.21. The molecular weight excluding hydrogens is 310 g/mol. The van der Waals surface area contributed by atoms with Crippen LogP contribution in [0.2, 0.25) is 0 Å². The van der Waals surface area contributed by atoms with E-state index >= 15 is 0 Å². The third-order valence-electron chi connectivity index (χ3n) is 5.15. The fourth-order valence-electron chi connectivity index (χ4n) is 3.38. The maximum absolute atomic E-state index is 12.5. The van der Waals surface area contributed by atoms with Crippen LogP contribution in [0.3, 0.4) is 0 Å². The van der Waals surface area contributed by atoms with Crippen molar-refractivity contribution in [1.82, 2.24) is 14.8 Å². The molecule has 2 aromatic rings. The van der Waals surface area contributed by atoms with Gasteiger partial charge >= 0.3 is 0 Å². The summed E-state index contributed by atoms with van der Waals surface area (Å²) in [6, 6.07) is 8.53. The van der Waals surface area contributed by atoms with Crippen LogP contribution in [0.15, 0.2) is 36.7 Å². The molecule has 1 fully saturated rings. The van der Waals surface area contributed by atoms with E-state index in [0.29, 0.717) is 13.0 Å². The summed E-state index contributed by atoms with van der Waals surface area (Å²) in [7, 11) is 0. The van der Waals surface area contributed by atoms with Crippen LogP contribution in [0.1, 0.15) is 34.2 Å². The van der Waals surface area contributed by atoms with Crippen LogP contribution in [0, 0.1) is 20.8 Å². The number of hydrogen-bond acceptors (Lipinski definition) is 3. The molecule has 132 valence electrons. The molecule has 1 aromatic carbocycles. The Morgan fingerprint density at radius 1 is 0.920 bits per heavy atom. The molecule has 0 saturated carbocycles. The average Bonchev–Trinajstić information content (AvgIpc) is 2.76. The molecule has 0 bridgehead atoms. The van der Waals surface area contributed by atoms with Crippen LogP contribution in [0.25, 0.3) is 0 Å². The molecule has 0 spiro atoms. The molecule has 0 N–H and O–H groups in total. The summed E-state index contributed by atoms with van der Waals surface area (Å²) in [6.07, 6.45) is 4.16. The average molecular weight is 337 g/mol. The number of carbonyl (C=O) groups is 1. The second kappa shape index (κ2) is 7.79. The molecule has 2 heterocycles. The predicted molar refractivity (Wildman–Crippen MR) is 100 cm³/mol. The minimum absolute atomic E-state index is 0.246. The number of amides is 1. The van der Waals surface area contributed by atoms with Gasteiger partial charge in [0.2, 0.25) is 5.91 Å². The molecule has 0 unspecified atom stereocenters. The van der Waals surface area contributed by atoms with Gasteiger partial charge in [-0.15, -0.1) is 0 Å². The van der Waals surface area contributed by atoms with Crippen molar-refractivity contribution in [3.05, 3.63) is 64.5 Å². The highest BCUT2D eigenvalue weighted by atomic mass is 16.2. The Hall–Kier alpha value is -2.20. The van der Waals surface area contributed by atoms with Gasteiger partial charge in [0, 0.05) is 51.5 Å². The summed E-state index contributed by atoms with van der Waals surface area (Å²) in [6.45, 7) is 10.6. The van der Waals surface area contributed by atoms with Gasteiger partial charge in [-0.25, -0.2) is 0 Å². The highest BCUT2D eigenvalue weighted by molar-refractivity contribution is 5.76. The van der Waals surface area contributed by atoms with Crippen molar-refractivity contribution < 1.29 is 4.79 Å². The molecule has 0 radical (unpaired) electrons. The van der Waals surface area contributed by atoms with E-state index in [-0.39, 0.29) is 5.91 Å². The van der Waals surface area contributed by atoms with Gasteiger partial charge in [0.1, 0.15) is 0 Å². The highest BCUT2D eigenvalue weighted by Crippen LogP contribution is 2.18. The first-order valence-electron chi connectivity index (χ1n) is 8.98. The monoisotopic (exact) mass is 337 g/mol. The molecule has 25 heavy (non-hydrogen) atoms. The van der Waals surface area contributed by atoms with Gasteiger partial charge in [0.25, 0.3) is 0 Å². The summed E-state index contributed by atoms with van der Waals surface area (Å²) >= 11 is 0. The first kappa shape index (κ1) is 17.6. The van der Waals surface area contributed by atoms with E-state index in [4.69, 9.17) is 0 Å². The van der Waals surface area contributed by atoms with Crippen molar-refractivity contribution >= 4 is 5.91 Å². The zero-order chi connectivity index (χ0) is 17.8. The Morgan fingerprint density at radius 2 is 1.64 bits per heavy atom. The van der Waals surface area contributed by atoms with Crippen molar-refractivity contribution in [2.75, 3.05) is 19.6 Å². The summed E-state index contributed by atoms with van der Waals surface area (Å²) in [5.41, 5.74) is 6.54. The van der Waals surface area contributed by atoms with Gasteiger partial charge < -0.3 is 4.90 Å². The summed E-state index contributed by atoms with van der Waals surface area (Å²) in [5, 5.41) is 0. The van der Waals surface area contributed by atoms with Crippen LogP contribution in [0.4, 0.5) is 0 Å². The van der Waals surface area contributed by atoms with Crippen molar-refractivity contribution in [3.63, 3.8) is 0 Å². The van der Waals surface area contributed by atoms with E-state index < -0.39 is 0 Å². The number of carbonyl (C=O) groups excluding carboxylic acids is 1. The molecule has 0 atom stereocenters. The van der Waals surface area contributed by atoms with Crippen LogP contribution >= 0.6 is 0 Å². The molecule has 4 nitrogen and oxygen atoms in total. The normalized spacial score (nSPS) is 16.1. The lowest BCUT2D eigenvalue weighted by molar-refractivity contribution is -0.130. The van der Waals surface area contributed by atoms with Gasteiger partial charge in [0.05, 0.1) is 0 Å². The summed E-state index contributed by atoms with van der Waals surface area (Å²) in [4.78, 5) is 20.9. The summed E-state index contributed by atoms with van der Waals surface area (Å²) in [5.74, 6) is 0.246. The maximum Gasteiger partial charge on any atom is 0.224 e. The molecule has 1 aromatic heterocycles. The van der Waals surface area contributed by atoms with Gasteiger partial charge in [-0.1, -0.05) is 12.1 Å². The Bertz CT molecular complexity index is 742. The number of aryl methyl sites for hydroxylation is 3. The molecule has 1 aliphatic heterocycles. The standard InChI is InChI=1S/C21H27N3O/c1-16-12-18(3)20(13-17(16)2)15-23-9-6-21(25)24(11-10-23)14-19-4-7-22-8-5-19/h4-5,7-8,12-13H,6,9-11,14-15H2,1-3H3. The predicted octanol–water partition coefficient (Wildman–Crippen LogP) is 3.24. The van der Waals surface area contributed by atoms with Gasteiger partial charge in [-0.05, 0) is 60.7 Å². The van der Waals surface area contributed by atoms with E-state index in [0.717, 1.165) is 31.7 Å². The lowest BCUT2D eigenvalue weighted by Gasteiger charge is -2.23. The third-order valence-corrected chi connectivity index (χ3v) is 5.15. The number of pyridine rings is 1. The van der Waals surface area contributed by atoms with Crippen LogP contribution in [-0.4, -0.2) is 40.3 Å². The molecule has 1 amide bonds. The number of benzene rings is 1. The van der Waals surface area contributed by atoms with Gasteiger partial charge in [-0.3, -0.25) is 14.7 Å². The van der Waals surface area contributed by atoms with Gasteiger partial charge in [0.15, 0.2) is 0 Å². The number of nitrogens with zero attached hydrogens (tertiary/aromatic N) is 3. The largest absolute Gasteiger partial charge is 0.337 e. The maximum atomic E-state index is 12.5. The lowest BCUT2D eigenvalue weighted by Crippen LogP contribution is -2.32. The van der Waals surface area contributed by atoms with E-state index in [9.17, 15) is 4.79 Å². The molecule has 3 rings (SSSR count). The number of rotatable bonds is 4. The molecule has 4 heteroatoms. The van der Waals surface area contributed by atoms with Crippen molar-refractivity contribution in [3.8, 4) is 0 Å². The SMILES string of the molecule is Cc1cc(C)c(CN2CCC(=O)N(Cc3ccncc3)CC2)cc1C. The molecule has 1 saturated heterocycles. The first-order chi connectivity index (χ1) is 12.0. The molecule has 1 aliphatic rings. The second-order valence-electron chi connectivity index (χ2n) is 7.06. The van der Waals surface area contributed by atoms with Crippen LogP contribution in [0.5, 0.6) is 0 Å². The fourth-order valence-corrected chi connectivity index (χ4v) is 3.38. The Morgan fingerprint density at radius 3 is 2.40 bits per heavy atom. The Kier molecular flexibility index (Phi) is 5.49. The fraction of sp³-hybridized carbons (Fsp3) is 0.429. The van der Waals surface area contributed by atoms with Crippen molar-refractivity contribution in [2.24, 2.45) is 0 Å². The number of hydrogen-bond donors (Lipinski definition) is 0. The lowest BCUT2D eigenvalue weighted by atomic mass is 10.0. The Balaban J connectivity index is 1.65. The van der Waals surface area contributed by atoms with Gasteiger partial charge in [-0.2, -0.15) is 0 Å². The zero-order valence-corrected chi connectivity index (χ0v) is 15.5. The van der Waals surface area contributed by atoms with Crippen LogP contribution in [-0.2, 0) is 17.9 Å². The quantitative estimate of drug-likeness (QED) is 0.859. The second-order valence-corrected chi connectivity index (χ2v) is 7.06. The van der Waals surface area contributed by atoms with Crippen LogP contribution < -0.4 is 0 Å². The smallest absolute Gasteiger partial charge is 0.224 e. The topological polar surface area (TPSA) is 36.4 Å². The third kappa shape index (κ3) is 4.45.